The number of amides is 1. The van der Waals surface area contributed by atoms with Gasteiger partial charge in [-0.05, 0) is 45.2 Å². The zero-order valence-electron chi connectivity index (χ0n) is 18.8. The van der Waals surface area contributed by atoms with E-state index in [1.807, 2.05) is 0 Å². The summed E-state index contributed by atoms with van der Waals surface area (Å²) >= 11 is 0. The van der Waals surface area contributed by atoms with E-state index in [-0.39, 0.29) is 53.0 Å². The number of likely N-dealkylation sites (tertiary alicyclic amines) is 1. The number of carbonyl (C=O) groups excluding carboxylic acids is 1. The van der Waals surface area contributed by atoms with E-state index in [9.17, 15) is 13.2 Å². The smallest absolute Gasteiger partial charge is 0.222 e. The fraction of sp³-hybridized carbons (Fsp3) is 0.905. The number of aliphatic imine (C=N–C) groups is 1. The van der Waals surface area contributed by atoms with Gasteiger partial charge in [-0.3, -0.25) is 14.7 Å². The summed E-state index contributed by atoms with van der Waals surface area (Å²) in [4.78, 5) is 19.2. The summed E-state index contributed by atoms with van der Waals surface area (Å²) in [5, 5.41) is 9.60. The molecule has 10 heteroatoms. The lowest BCUT2D eigenvalue weighted by molar-refractivity contribution is -0.121. The molecule has 0 spiro atoms. The van der Waals surface area contributed by atoms with Crippen molar-refractivity contribution in [3.63, 3.8) is 0 Å². The predicted octanol–water partition coefficient (Wildman–Crippen LogP) is 1.65. The summed E-state index contributed by atoms with van der Waals surface area (Å²) in [6.07, 6.45) is 11.2. The van der Waals surface area contributed by atoms with Gasteiger partial charge in [0.25, 0.3) is 0 Å². The molecular weight excluding hydrogens is 529 g/mol. The minimum absolute atomic E-state index is 0. The fourth-order valence-corrected chi connectivity index (χ4v) is 6.83. The Morgan fingerprint density at radius 2 is 1.74 bits per heavy atom. The molecule has 1 amide bonds. The first-order valence-electron chi connectivity index (χ1n) is 11.6. The zero-order valence-corrected chi connectivity index (χ0v) is 22.0. The van der Waals surface area contributed by atoms with E-state index in [0.717, 1.165) is 12.5 Å². The van der Waals surface area contributed by atoms with Crippen LogP contribution in [0.5, 0.6) is 0 Å². The molecule has 1 saturated carbocycles. The summed E-state index contributed by atoms with van der Waals surface area (Å²) in [5.41, 5.74) is 0.224. The molecule has 0 aromatic heterocycles. The van der Waals surface area contributed by atoms with E-state index in [4.69, 9.17) is 0 Å². The Kier molecular flexibility index (Phi) is 10.8. The first kappa shape index (κ1) is 26.6. The molecule has 3 N–H and O–H groups in total. The van der Waals surface area contributed by atoms with Crippen molar-refractivity contribution in [2.75, 3.05) is 44.7 Å². The Balaban J connectivity index is 0.00000341. The Morgan fingerprint density at radius 1 is 1.06 bits per heavy atom. The van der Waals surface area contributed by atoms with Gasteiger partial charge in [0.15, 0.2) is 15.8 Å². The summed E-state index contributed by atoms with van der Waals surface area (Å²) < 4.78 is 23.0. The molecule has 0 aromatic rings. The quantitative estimate of drug-likeness (QED) is 0.245. The molecule has 2 saturated heterocycles. The molecule has 1 aliphatic carbocycles. The number of sulfone groups is 1. The number of rotatable bonds is 7. The maximum Gasteiger partial charge on any atom is 0.222 e. The highest BCUT2D eigenvalue weighted by Gasteiger charge is 2.38. The van der Waals surface area contributed by atoms with Crippen molar-refractivity contribution < 1.29 is 13.2 Å². The molecule has 0 bridgehead atoms. The monoisotopic (exact) mass is 569 g/mol. The van der Waals surface area contributed by atoms with Crippen LogP contribution in [0.3, 0.4) is 0 Å². The first-order valence-corrected chi connectivity index (χ1v) is 13.4. The number of halogens is 1. The summed E-state index contributed by atoms with van der Waals surface area (Å²) in [7, 11) is -1.22. The lowest BCUT2D eigenvalue weighted by atomic mass is 9.79. The van der Waals surface area contributed by atoms with Crippen molar-refractivity contribution in [1.29, 1.82) is 0 Å². The number of guanidine groups is 1. The average molecular weight is 570 g/mol. The van der Waals surface area contributed by atoms with Gasteiger partial charge in [-0.2, -0.15) is 0 Å². The van der Waals surface area contributed by atoms with E-state index in [1.54, 1.807) is 7.05 Å². The Hall–Kier alpha value is -0.620. The molecule has 180 valence electrons. The highest BCUT2D eigenvalue weighted by atomic mass is 127. The average Bonchev–Trinajstić information content (AvgIpc) is 3.09. The number of piperidine rings is 1. The van der Waals surface area contributed by atoms with Gasteiger partial charge in [-0.15, -0.1) is 24.0 Å². The third-order valence-electron chi connectivity index (χ3n) is 6.86. The SMILES string of the molecule is CN=C(NCCC(=O)NC1CCS(=O)(=O)C1)NCC1(N2CCCCC2)CCCCC1.I. The van der Waals surface area contributed by atoms with Gasteiger partial charge >= 0.3 is 0 Å². The highest BCUT2D eigenvalue weighted by molar-refractivity contribution is 14.0. The van der Waals surface area contributed by atoms with Crippen molar-refractivity contribution in [1.82, 2.24) is 20.9 Å². The molecule has 2 aliphatic heterocycles. The molecule has 3 fully saturated rings. The van der Waals surface area contributed by atoms with E-state index in [1.165, 1.54) is 64.5 Å². The van der Waals surface area contributed by atoms with Crippen LogP contribution in [-0.4, -0.2) is 81.5 Å². The van der Waals surface area contributed by atoms with Gasteiger partial charge in [0, 0.05) is 38.1 Å². The number of hydrogen-bond donors (Lipinski definition) is 3. The lowest BCUT2D eigenvalue weighted by Gasteiger charge is -2.48. The van der Waals surface area contributed by atoms with Crippen LogP contribution in [-0.2, 0) is 14.6 Å². The van der Waals surface area contributed by atoms with Crippen LogP contribution < -0.4 is 16.0 Å². The molecular formula is C21H40IN5O3S. The molecule has 8 nitrogen and oxygen atoms in total. The maximum atomic E-state index is 12.1. The second-order valence-corrected chi connectivity index (χ2v) is 11.3. The largest absolute Gasteiger partial charge is 0.356 e. The third-order valence-corrected chi connectivity index (χ3v) is 8.63. The summed E-state index contributed by atoms with van der Waals surface area (Å²) in [6, 6.07) is -0.240. The highest BCUT2D eigenvalue weighted by Crippen LogP contribution is 2.35. The van der Waals surface area contributed by atoms with Crippen molar-refractivity contribution in [2.45, 2.75) is 75.8 Å². The lowest BCUT2D eigenvalue weighted by Crippen LogP contribution is -2.59. The molecule has 3 rings (SSSR count). The van der Waals surface area contributed by atoms with E-state index in [2.05, 4.69) is 25.8 Å². The van der Waals surface area contributed by atoms with Crippen molar-refractivity contribution in [3.05, 3.63) is 0 Å². The number of nitrogens with one attached hydrogen (secondary N) is 3. The Bertz CT molecular complexity index is 704. The van der Waals surface area contributed by atoms with E-state index < -0.39 is 9.84 Å². The second kappa shape index (κ2) is 12.6. The standard InChI is InChI=1S/C21H39N5O3S.HI/c1-22-20(23-12-8-19(27)25-18-9-15-30(28,29)16-18)24-17-21(10-4-2-5-11-21)26-13-6-3-7-14-26;/h18H,2-17H2,1H3,(H,25,27)(H2,22,23,24);1H. The van der Waals surface area contributed by atoms with E-state index >= 15 is 0 Å². The van der Waals surface area contributed by atoms with Gasteiger partial charge in [0.05, 0.1) is 11.5 Å². The van der Waals surface area contributed by atoms with Crippen LogP contribution in [0.15, 0.2) is 4.99 Å². The Labute approximate surface area is 204 Å². The van der Waals surface area contributed by atoms with Crippen molar-refractivity contribution >= 4 is 45.7 Å². The minimum Gasteiger partial charge on any atom is -0.356 e. The van der Waals surface area contributed by atoms with Gasteiger partial charge < -0.3 is 16.0 Å². The van der Waals surface area contributed by atoms with Crippen LogP contribution in [0.1, 0.15) is 64.2 Å². The van der Waals surface area contributed by atoms with Gasteiger partial charge in [-0.1, -0.05) is 25.7 Å². The van der Waals surface area contributed by atoms with Crippen LogP contribution in [0.2, 0.25) is 0 Å². The van der Waals surface area contributed by atoms with Gasteiger partial charge in [-0.25, -0.2) is 8.42 Å². The van der Waals surface area contributed by atoms with Gasteiger partial charge in [0.2, 0.25) is 5.91 Å². The molecule has 2 heterocycles. The van der Waals surface area contributed by atoms with Crippen molar-refractivity contribution in [3.8, 4) is 0 Å². The molecule has 3 aliphatic rings. The molecule has 1 atom stereocenters. The fourth-order valence-electron chi connectivity index (χ4n) is 5.15. The normalized spacial score (nSPS) is 26.0. The Morgan fingerprint density at radius 3 is 2.35 bits per heavy atom. The number of nitrogens with zero attached hydrogens (tertiary/aromatic N) is 2. The van der Waals surface area contributed by atoms with Crippen LogP contribution in [0.4, 0.5) is 0 Å². The third kappa shape index (κ3) is 8.03. The van der Waals surface area contributed by atoms with Gasteiger partial charge in [0.1, 0.15) is 0 Å². The van der Waals surface area contributed by atoms with Crippen LogP contribution in [0, 0.1) is 0 Å². The minimum atomic E-state index is -2.98. The van der Waals surface area contributed by atoms with Crippen molar-refractivity contribution in [2.24, 2.45) is 4.99 Å². The number of hydrogen-bond acceptors (Lipinski definition) is 5. The second-order valence-electron chi connectivity index (χ2n) is 9.10. The van der Waals surface area contributed by atoms with Crippen LogP contribution in [0.25, 0.3) is 0 Å². The molecule has 31 heavy (non-hydrogen) atoms. The number of carbonyl (C=O) groups is 1. The van der Waals surface area contributed by atoms with E-state index in [0.29, 0.717) is 19.4 Å². The first-order chi connectivity index (χ1) is 14.4. The molecule has 0 radical (unpaired) electrons. The predicted molar refractivity (Wildman–Crippen MR) is 136 cm³/mol. The van der Waals surface area contributed by atoms with Crippen LogP contribution >= 0.6 is 24.0 Å². The summed E-state index contributed by atoms with van der Waals surface area (Å²) in [6.45, 7) is 3.76. The topological polar surface area (TPSA) is 103 Å². The molecule has 1 unspecified atom stereocenters. The molecule has 0 aromatic carbocycles. The maximum absolute atomic E-state index is 12.1. The zero-order chi connectivity index (χ0) is 21.5. The summed E-state index contributed by atoms with van der Waals surface area (Å²) in [5.74, 6) is 0.852.